The molecule has 2 N–H and O–H groups in total. The first-order valence-electron chi connectivity index (χ1n) is 1.97. The first-order valence-corrected chi connectivity index (χ1v) is 1.97. The lowest BCUT2D eigenvalue weighted by Gasteiger charge is -1.98. The normalized spacial score (nSPS) is 25.5. The van der Waals surface area contributed by atoms with Gasteiger partial charge in [-0.3, -0.25) is 5.84 Å². The van der Waals surface area contributed by atoms with E-state index in [1.54, 1.807) is 5.01 Å². The standard InChI is InChI=1S/C3H8N2O/c4-5-1-2-6-3-5/h1-4H2. The van der Waals surface area contributed by atoms with E-state index in [-0.39, 0.29) is 0 Å². The Morgan fingerprint density at radius 1 is 1.67 bits per heavy atom. The maximum Gasteiger partial charge on any atom is 0.112 e. The maximum atomic E-state index is 5.24. The lowest BCUT2D eigenvalue weighted by molar-refractivity contribution is 0.141. The van der Waals surface area contributed by atoms with Crippen LogP contribution in [0, 0.1) is 0 Å². The van der Waals surface area contributed by atoms with Gasteiger partial charge in [-0.05, 0) is 0 Å². The highest BCUT2D eigenvalue weighted by Crippen LogP contribution is 1.88. The van der Waals surface area contributed by atoms with Crippen LogP contribution in [-0.2, 0) is 4.74 Å². The van der Waals surface area contributed by atoms with Gasteiger partial charge >= 0.3 is 0 Å². The fraction of sp³-hybridized carbons (Fsp3) is 1.00. The second kappa shape index (κ2) is 1.55. The van der Waals surface area contributed by atoms with Crippen LogP contribution in [0.1, 0.15) is 0 Å². The van der Waals surface area contributed by atoms with Crippen molar-refractivity contribution in [2.24, 2.45) is 5.84 Å². The van der Waals surface area contributed by atoms with Crippen LogP contribution in [0.2, 0.25) is 0 Å². The number of ether oxygens (including phenoxy) is 1. The summed E-state index contributed by atoms with van der Waals surface area (Å²) in [6, 6.07) is 0. The summed E-state index contributed by atoms with van der Waals surface area (Å²) < 4.78 is 4.86. The minimum Gasteiger partial charge on any atom is -0.363 e. The molecular weight excluding hydrogens is 80.0 g/mol. The summed E-state index contributed by atoms with van der Waals surface area (Å²) in [4.78, 5) is 0. The van der Waals surface area contributed by atoms with Crippen molar-refractivity contribution in [2.45, 2.75) is 0 Å². The van der Waals surface area contributed by atoms with E-state index < -0.39 is 0 Å². The van der Waals surface area contributed by atoms with Crippen LogP contribution in [-0.4, -0.2) is 24.9 Å². The molecule has 1 fully saturated rings. The Morgan fingerprint density at radius 3 is 2.67 bits per heavy atom. The van der Waals surface area contributed by atoms with E-state index in [2.05, 4.69) is 0 Å². The number of hydrogen-bond acceptors (Lipinski definition) is 3. The van der Waals surface area contributed by atoms with Crippen LogP contribution < -0.4 is 5.84 Å². The summed E-state index contributed by atoms with van der Waals surface area (Å²) in [5, 5.41) is 1.64. The van der Waals surface area contributed by atoms with Crippen LogP contribution in [0.15, 0.2) is 0 Å². The van der Waals surface area contributed by atoms with Gasteiger partial charge in [0.25, 0.3) is 0 Å². The fourth-order valence-corrected chi connectivity index (χ4v) is 0.428. The summed E-state index contributed by atoms with van der Waals surface area (Å²) in [6.07, 6.45) is 0. The Morgan fingerprint density at radius 2 is 2.50 bits per heavy atom. The van der Waals surface area contributed by atoms with Crippen molar-refractivity contribution < 1.29 is 4.74 Å². The SMILES string of the molecule is NN1CCOC1. The minimum atomic E-state index is 0.597. The molecule has 1 saturated heterocycles. The van der Waals surface area contributed by atoms with Crippen molar-refractivity contribution in [1.29, 1.82) is 0 Å². The summed E-state index contributed by atoms with van der Waals surface area (Å²) >= 11 is 0. The van der Waals surface area contributed by atoms with Gasteiger partial charge in [0, 0.05) is 6.54 Å². The van der Waals surface area contributed by atoms with Gasteiger partial charge in [-0.15, -0.1) is 0 Å². The first-order chi connectivity index (χ1) is 2.89. The van der Waals surface area contributed by atoms with Gasteiger partial charge in [-0.2, -0.15) is 0 Å². The molecule has 1 aliphatic rings. The summed E-state index contributed by atoms with van der Waals surface area (Å²) in [5.74, 6) is 5.24. The number of nitrogens with zero attached hydrogens (tertiary/aromatic N) is 1. The van der Waals surface area contributed by atoms with Gasteiger partial charge < -0.3 is 4.74 Å². The molecule has 0 atom stereocenters. The Hall–Kier alpha value is -0.120. The summed E-state index contributed by atoms with van der Waals surface area (Å²) in [5.41, 5.74) is 0. The molecule has 0 aliphatic carbocycles. The second-order valence-corrected chi connectivity index (χ2v) is 1.35. The number of nitrogens with two attached hydrogens (primary N) is 1. The highest BCUT2D eigenvalue weighted by Gasteiger charge is 2.03. The zero-order valence-corrected chi connectivity index (χ0v) is 3.55. The molecule has 1 heterocycles. The van der Waals surface area contributed by atoms with Crippen molar-refractivity contribution in [3.63, 3.8) is 0 Å². The van der Waals surface area contributed by atoms with Crippen LogP contribution in [0.3, 0.4) is 0 Å². The summed E-state index contributed by atoms with van der Waals surface area (Å²) in [6.45, 7) is 2.26. The van der Waals surface area contributed by atoms with E-state index in [0.29, 0.717) is 6.73 Å². The molecule has 0 radical (unpaired) electrons. The van der Waals surface area contributed by atoms with E-state index in [1.807, 2.05) is 0 Å². The van der Waals surface area contributed by atoms with Gasteiger partial charge in [0.1, 0.15) is 6.73 Å². The molecule has 6 heavy (non-hydrogen) atoms. The molecule has 3 heteroatoms. The molecule has 36 valence electrons. The molecule has 0 unspecified atom stereocenters. The van der Waals surface area contributed by atoms with Crippen molar-refractivity contribution in [2.75, 3.05) is 19.9 Å². The van der Waals surface area contributed by atoms with E-state index in [0.717, 1.165) is 13.2 Å². The molecule has 0 amide bonds. The molecule has 3 nitrogen and oxygen atoms in total. The maximum absolute atomic E-state index is 5.24. The molecule has 0 saturated carbocycles. The Kier molecular flexibility index (Phi) is 1.05. The zero-order chi connectivity index (χ0) is 4.41. The van der Waals surface area contributed by atoms with Crippen molar-refractivity contribution in [3.8, 4) is 0 Å². The molecular formula is C3H8N2O. The molecule has 0 spiro atoms. The predicted octanol–water partition coefficient (Wildman–Crippen LogP) is -0.850. The number of hydrazine groups is 1. The van der Waals surface area contributed by atoms with Crippen LogP contribution in [0.25, 0.3) is 0 Å². The molecule has 0 aromatic carbocycles. The number of hydrogen-bond donors (Lipinski definition) is 1. The van der Waals surface area contributed by atoms with Crippen LogP contribution >= 0.6 is 0 Å². The first kappa shape index (κ1) is 4.05. The smallest absolute Gasteiger partial charge is 0.112 e. The lowest BCUT2D eigenvalue weighted by atomic mass is 10.7. The predicted molar refractivity (Wildman–Crippen MR) is 21.7 cm³/mol. The van der Waals surface area contributed by atoms with E-state index >= 15 is 0 Å². The molecule has 0 aromatic heterocycles. The minimum absolute atomic E-state index is 0.597. The topological polar surface area (TPSA) is 38.5 Å². The van der Waals surface area contributed by atoms with E-state index in [1.165, 1.54) is 0 Å². The third kappa shape index (κ3) is 0.680. The highest BCUT2D eigenvalue weighted by atomic mass is 16.5. The van der Waals surface area contributed by atoms with Crippen molar-refractivity contribution in [3.05, 3.63) is 0 Å². The quantitative estimate of drug-likeness (QED) is 0.392. The Bertz CT molecular complexity index is 42.1. The van der Waals surface area contributed by atoms with Gasteiger partial charge in [0.2, 0.25) is 0 Å². The Balaban J connectivity index is 2.18. The van der Waals surface area contributed by atoms with Gasteiger partial charge in [-0.1, -0.05) is 0 Å². The van der Waals surface area contributed by atoms with E-state index in [9.17, 15) is 0 Å². The zero-order valence-electron chi connectivity index (χ0n) is 3.55. The number of rotatable bonds is 0. The van der Waals surface area contributed by atoms with Gasteiger partial charge in [0.15, 0.2) is 0 Å². The van der Waals surface area contributed by atoms with Crippen molar-refractivity contribution in [1.82, 2.24) is 5.01 Å². The third-order valence-corrected chi connectivity index (χ3v) is 0.780. The average Bonchev–Trinajstić information content (AvgIpc) is 1.86. The third-order valence-electron chi connectivity index (χ3n) is 0.780. The van der Waals surface area contributed by atoms with Gasteiger partial charge in [0.05, 0.1) is 6.61 Å². The molecule has 0 aromatic rings. The summed E-state index contributed by atoms with van der Waals surface area (Å²) in [7, 11) is 0. The second-order valence-electron chi connectivity index (χ2n) is 1.35. The van der Waals surface area contributed by atoms with Crippen LogP contribution in [0.4, 0.5) is 0 Å². The largest absolute Gasteiger partial charge is 0.363 e. The fourth-order valence-electron chi connectivity index (χ4n) is 0.428. The molecule has 1 rings (SSSR count). The Labute approximate surface area is 36.6 Å². The molecule has 0 bridgehead atoms. The highest BCUT2D eigenvalue weighted by molar-refractivity contribution is 4.45. The van der Waals surface area contributed by atoms with Gasteiger partial charge in [-0.25, -0.2) is 5.01 Å². The lowest BCUT2D eigenvalue weighted by Crippen LogP contribution is -2.27. The molecule has 1 aliphatic heterocycles. The van der Waals surface area contributed by atoms with Crippen molar-refractivity contribution >= 4 is 0 Å². The average molecular weight is 88.1 g/mol. The van der Waals surface area contributed by atoms with Crippen LogP contribution in [0.5, 0.6) is 0 Å². The van der Waals surface area contributed by atoms with E-state index in [4.69, 9.17) is 10.6 Å². The monoisotopic (exact) mass is 88.1 g/mol.